The molecule has 3 amide bonds. The van der Waals surface area contributed by atoms with Crippen molar-refractivity contribution in [1.29, 1.82) is 0 Å². The third-order valence-electron chi connectivity index (χ3n) is 6.09. The topological polar surface area (TPSA) is 91.8 Å². The van der Waals surface area contributed by atoms with Gasteiger partial charge < -0.3 is 19.9 Å². The van der Waals surface area contributed by atoms with Gasteiger partial charge in [-0.3, -0.25) is 14.4 Å². The zero-order valence-electron chi connectivity index (χ0n) is 18.5. The summed E-state index contributed by atoms with van der Waals surface area (Å²) in [7, 11) is 0. The van der Waals surface area contributed by atoms with Crippen molar-refractivity contribution in [2.45, 2.75) is 26.2 Å². The molecule has 1 aromatic carbocycles. The van der Waals surface area contributed by atoms with Gasteiger partial charge >= 0.3 is 0 Å². The summed E-state index contributed by atoms with van der Waals surface area (Å²) in [4.78, 5) is 45.9. The highest BCUT2D eigenvalue weighted by Gasteiger charge is 2.39. The quantitative estimate of drug-likeness (QED) is 0.698. The van der Waals surface area contributed by atoms with E-state index in [-0.39, 0.29) is 30.1 Å². The number of benzene rings is 1. The molecule has 1 atom stereocenters. The van der Waals surface area contributed by atoms with Crippen molar-refractivity contribution < 1.29 is 19.1 Å². The molecule has 9 heteroatoms. The second-order valence-electron chi connectivity index (χ2n) is 8.26. The van der Waals surface area contributed by atoms with Gasteiger partial charge in [0.1, 0.15) is 11.6 Å². The SMILES string of the molecule is CCOc1ccccc1N1CC(C(=O)N2CCC(C(=O)Nc3ccc(Cl)cn3)CC2)CC1=O. The monoisotopic (exact) mass is 470 g/mol. The number of anilines is 2. The molecule has 3 heterocycles. The summed E-state index contributed by atoms with van der Waals surface area (Å²) in [5, 5.41) is 3.31. The van der Waals surface area contributed by atoms with Crippen LogP contribution in [0.4, 0.5) is 11.5 Å². The van der Waals surface area contributed by atoms with Crippen molar-refractivity contribution in [3.8, 4) is 5.75 Å². The van der Waals surface area contributed by atoms with E-state index in [2.05, 4.69) is 10.3 Å². The molecular formula is C24H27ClN4O4. The fourth-order valence-corrected chi connectivity index (χ4v) is 4.47. The highest BCUT2D eigenvalue weighted by molar-refractivity contribution is 6.30. The summed E-state index contributed by atoms with van der Waals surface area (Å²) in [5.41, 5.74) is 0.700. The largest absolute Gasteiger partial charge is 0.492 e. The summed E-state index contributed by atoms with van der Waals surface area (Å²) in [6.07, 6.45) is 2.81. The molecule has 2 aromatic rings. The van der Waals surface area contributed by atoms with Crippen LogP contribution in [0.2, 0.25) is 5.02 Å². The minimum absolute atomic E-state index is 0.0297. The average molecular weight is 471 g/mol. The number of hydrogen-bond donors (Lipinski definition) is 1. The van der Waals surface area contributed by atoms with E-state index in [0.29, 0.717) is 61.4 Å². The molecule has 0 saturated carbocycles. The van der Waals surface area contributed by atoms with Crippen molar-refractivity contribution in [1.82, 2.24) is 9.88 Å². The third-order valence-corrected chi connectivity index (χ3v) is 6.31. The number of hydrogen-bond acceptors (Lipinski definition) is 5. The summed E-state index contributed by atoms with van der Waals surface area (Å²) in [6, 6.07) is 10.7. The number of aromatic nitrogens is 1. The van der Waals surface area contributed by atoms with Crippen LogP contribution in [0.1, 0.15) is 26.2 Å². The van der Waals surface area contributed by atoms with Crippen LogP contribution < -0.4 is 15.0 Å². The Hall–Kier alpha value is -3.13. The van der Waals surface area contributed by atoms with E-state index in [1.165, 1.54) is 6.20 Å². The lowest BCUT2D eigenvalue weighted by molar-refractivity contribution is -0.138. The van der Waals surface area contributed by atoms with E-state index in [0.717, 1.165) is 0 Å². The van der Waals surface area contributed by atoms with Gasteiger partial charge in [0.2, 0.25) is 17.7 Å². The number of amides is 3. The van der Waals surface area contributed by atoms with E-state index < -0.39 is 5.92 Å². The number of nitrogens with zero attached hydrogens (tertiary/aromatic N) is 3. The molecule has 174 valence electrons. The predicted octanol–water partition coefficient (Wildman–Crippen LogP) is 3.36. The van der Waals surface area contributed by atoms with Gasteiger partial charge in [0.25, 0.3) is 0 Å². The number of piperidine rings is 1. The lowest BCUT2D eigenvalue weighted by Crippen LogP contribution is -2.44. The van der Waals surface area contributed by atoms with Crippen molar-refractivity contribution in [3.63, 3.8) is 0 Å². The minimum atomic E-state index is -0.393. The van der Waals surface area contributed by atoms with Crippen LogP contribution in [-0.4, -0.2) is 53.8 Å². The Balaban J connectivity index is 1.32. The van der Waals surface area contributed by atoms with E-state index in [1.807, 2.05) is 31.2 Å². The maximum absolute atomic E-state index is 13.1. The number of para-hydroxylation sites is 2. The van der Waals surface area contributed by atoms with E-state index >= 15 is 0 Å². The Morgan fingerprint density at radius 1 is 1.15 bits per heavy atom. The summed E-state index contributed by atoms with van der Waals surface area (Å²) < 4.78 is 5.65. The molecule has 0 spiro atoms. The van der Waals surface area contributed by atoms with Crippen LogP contribution in [0.15, 0.2) is 42.6 Å². The first-order chi connectivity index (χ1) is 16.0. The smallest absolute Gasteiger partial charge is 0.228 e. The Labute approximate surface area is 197 Å². The van der Waals surface area contributed by atoms with Crippen LogP contribution in [0.25, 0.3) is 0 Å². The van der Waals surface area contributed by atoms with Crippen LogP contribution in [-0.2, 0) is 14.4 Å². The van der Waals surface area contributed by atoms with Gasteiger partial charge in [-0.05, 0) is 44.0 Å². The molecule has 4 rings (SSSR count). The van der Waals surface area contributed by atoms with Gasteiger partial charge in [-0.2, -0.15) is 0 Å². The molecule has 2 aliphatic rings. The maximum atomic E-state index is 13.1. The Kier molecular flexibility index (Phi) is 7.13. The molecule has 0 bridgehead atoms. The first-order valence-corrected chi connectivity index (χ1v) is 11.6. The van der Waals surface area contributed by atoms with Crippen LogP contribution in [0.5, 0.6) is 5.75 Å². The van der Waals surface area contributed by atoms with Crippen LogP contribution in [0.3, 0.4) is 0 Å². The number of ether oxygens (including phenoxy) is 1. The fourth-order valence-electron chi connectivity index (χ4n) is 4.36. The molecule has 0 aliphatic carbocycles. The predicted molar refractivity (Wildman–Crippen MR) is 125 cm³/mol. The molecule has 0 radical (unpaired) electrons. The molecule has 1 N–H and O–H groups in total. The number of halogens is 1. The fraction of sp³-hybridized carbons (Fsp3) is 0.417. The van der Waals surface area contributed by atoms with Crippen LogP contribution in [0, 0.1) is 11.8 Å². The van der Waals surface area contributed by atoms with Gasteiger partial charge in [-0.1, -0.05) is 23.7 Å². The normalized spacial score (nSPS) is 19.0. The average Bonchev–Trinajstić information content (AvgIpc) is 3.22. The molecule has 2 saturated heterocycles. The number of likely N-dealkylation sites (tertiary alicyclic amines) is 1. The van der Waals surface area contributed by atoms with Crippen molar-refractivity contribution in [2.75, 3.05) is 36.5 Å². The number of pyridine rings is 1. The van der Waals surface area contributed by atoms with E-state index in [1.54, 1.807) is 21.9 Å². The molecule has 2 fully saturated rings. The number of rotatable bonds is 6. The molecular weight excluding hydrogens is 444 g/mol. The Morgan fingerprint density at radius 2 is 1.91 bits per heavy atom. The minimum Gasteiger partial charge on any atom is -0.492 e. The number of nitrogens with one attached hydrogen (secondary N) is 1. The summed E-state index contributed by atoms with van der Waals surface area (Å²) >= 11 is 5.83. The molecule has 8 nitrogen and oxygen atoms in total. The first-order valence-electron chi connectivity index (χ1n) is 11.2. The van der Waals surface area contributed by atoms with Gasteiger partial charge in [-0.25, -0.2) is 4.98 Å². The highest BCUT2D eigenvalue weighted by atomic mass is 35.5. The van der Waals surface area contributed by atoms with Gasteiger partial charge in [0.05, 0.1) is 23.2 Å². The van der Waals surface area contributed by atoms with Crippen molar-refractivity contribution in [2.24, 2.45) is 11.8 Å². The lowest BCUT2D eigenvalue weighted by atomic mass is 9.94. The molecule has 33 heavy (non-hydrogen) atoms. The lowest BCUT2D eigenvalue weighted by Gasteiger charge is -2.32. The van der Waals surface area contributed by atoms with E-state index in [4.69, 9.17) is 16.3 Å². The maximum Gasteiger partial charge on any atom is 0.228 e. The molecule has 1 unspecified atom stereocenters. The highest BCUT2D eigenvalue weighted by Crippen LogP contribution is 2.34. The van der Waals surface area contributed by atoms with Gasteiger partial charge in [-0.15, -0.1) is 0 Å². The zero-order valence-corrected chi connectivity index (χ0v) is 19.3. The molecule has 2 aliphatic heterocycles. The van der Waals surface area contributed by atoms with E-state index in [9.17, 15) is 14.4 Å². The third kappa shape index (κ3) is 5.27. The van der Waals surface area contributed by atoms with Crippen molar-refractivity contribution >= 4 is 40.8 Å². The van der Waals surface area contributed by atoms with Gasteiger partial charge in [0, 0.05) is 38.2 Å². The second kappa shape index (κ2) is 10.2. The summed E-state index contributed by atoms with van der Waals surface area (Å²) in [6.45, 7) is 3.71. The van der Waals surface area contributed by atoms with Crippen molar-refractivity contribution in [3.05, 3.63) is 47.6 Å². The number of carbonyl (C=O) groups is 3. The van der Waals surface area contributed by atoms with Gasteiger partial charge in [0.15, 0.2) is 0 Å². The molecule has 1 aromatic heterocycles. The Morgan fingerprint density at radius 3 is 2.61 bits per heavy atom. The zero-order chi connectivity index (χ0) is 23.4. The second-order valence-corrected chi connectivity index (χ2v) is 8.69. The standard InChI is InChI=1S/C24H27ClN4O4/c1-2-33-20-6-4-3-5-19(20)29-15-17(13-22(29)30)24(32)28-11-9-16(10-12-28)23(31)27-21-8-7-18(25)14-26-21/h3-8,14,16-17H,2,9-13,15H2,1H3,(H,26,27,31). The van der Waals surface area contributed by atoms with Crippen LogP contribution >= 0.6 is 11.6 Å². The summed E-state index contributed by atoms with van der Waals surface area (Å²) in [5.74, 6) is 0.306. The Bertz CT molecular complexity index is 1020. The first kappa shape index (κ1) is 23.0. The number of carbonyl (C=O) groups excluding carboxylic acids is 3.